The molecule has 0 aliphatic heterocycles. The van der Waals surface area contributed by atoms with Gasteiger partial charge in [0.1, 0.15) is 13.2 Å². The molecular formula is C77H118O6. The molecule has 0 aromatic heterocycles. The molecule has 1 atom stereocenters. The lowest BCUT2D eigenvalue weighted by Crippen LogP contribution is -2.30. The van der Waals surface area contributed by atoms with Crippen LogP contribution in [0.1, 0.15) is 252 Å². The van der Waals surface area contributed by atoms with Gasteiger partial charge in [-0.15, -0.1) is 0 Å². The molecule has 0 aromatic carbocycles. The van der Waals surface area contributed by atoms with E-state index < -0.39 is 6.10 Å². The van der Waals surface area contributed by atoms with Crippen LogP contribution in [0.2, 0.25) is 0 Å². The van der Waals surface area contributed by atoms with E-state index in [-0.39, 0.29) is 37.5 Å². The van der Waals surface area contributed by atoms with Gasteiger partial charge in [-0.1, -0.05) is 279 Å². The van der Waals surface area contributed by atoms with Crippen molar-refractivity contribution >= 4 is 17.9 Å². The van der Waals surface area contributed by atoms with Crippen LogP contribution >= 0.6 is 0 Å². The van der Waals surface area contributed by atoms with Crippen molar-refractivity contribution in [3.8, 4) is 0 Å². The maximum atomic E-state index is 12.9. The van der Waals surface area contributed by atoms with Gasteiger partial charge in [0.15, 0.2) is 6.10 Å². The van der Waals surface area contributed by atoms with Gasteiger partial charge in [-0.2, -0.15) is 0 Å². The molecule has 0 radical (unpaired) electrons. The number of allylic oxidation sites excluding steroid dienone is 32. The molecule has 0 rings (SSSR count). The highest BCUT2D eigenvalue weighted by Gasteiger charge is 2.19. The summed E-state index contributed by atoms with van der Waals surface area (Å²) < 4.78 is 16.8. The zero-order chi connectivity index (χ0) is 59.9. The average molecular weight is 1140 g/mol. The van der Waals surface area contributed by atoms with Crippen LogP contribution in [0.3, 0.4) is 0 Å². The predicted molar refractivity (Wildman–Crippen MR) is 361 cm³/mol. The SMILES string of the molecule is CC/C=C\C/C=C\C/C=C\C/C=C\C/C=C\C/C=C\C/C=C\C/C=C\C/C=C\CCCCCC(=O)OCC(COC(=O)CCCCCCCCCCC)OC(=O)CCCCC/C=C\C/C=C\C/C=C\C/C=C\C/C=C\C/C=C\C/C=C\CC. The van der Waals surface area contributed by atoms with Crippen molar-refractivity contribution in [3.05, 3.63) is 194 Å². The highest BCUT2D eigenvalue weighted by molar-refractivity contribution is 5.71. The molecule has 6 nitrogen and oxygen atoms in total. The zero-order valence-corrected chi connectivity index (χ0v) is 52.9. The number of hydrogen-bond donors (Lipinski definition) is 0. The van der Waals surface area contributed by atoms with Crippen LogP contribution in [0.15, 0.2) is 194 Å². The molecule has 0 saturated heterocycles. The number of unbranched alkanes of at least 4 members (excludes halogenated alkanes) is 14. The molecule has 0 aliphatic carbocycles. The largest absolute Gasteiger partial charge is 0.462 e. The summed E-state index contributed by atoms with van der Waals surface area (Å²) in [5.74, 6) is -0.991. The molecule has 0 aromatic rings. The fourth-order valence-electron chi connectivity index (χ4n) is 8.24. The van der Waals surface area contributed by atoms with Gasteiger partial charge in [0.2, 0.25) is 0 Å². The molecule has 0 aliphatic rings. The second kappa shape index (κ2) is 68.7. The minimum Gasteiger partial charge on any atom is -0.462 e. The lowest BCUT2D eigenvalue weighted by atomic mass is 10.1. The van der Waals surface area contributed by atoms with Gasteiger partial charge in [-0.05, 0) is 148 Å². The van der Waals surface area contributed by atoms with Crippen molar-refractivity contribution in [1.29, 1.82) is 0 Å². The van der Waals surface area contributed by atoms with Gasteiger partial charge in [0.05, 0.1) is 0 Å². The molecule has 0 bridgehead atoms. The molecule has 1 unspecified atom stereocenters. The summed E-state index contributed by atoms with van der Waals surface area (Å²) >= 11 is 0. The number of hydrogen-bond acceptors (Lipinski definition) is 6. The first-order chi connectivity index (χ1) is 41.0. The van der Waals surface area contributed by atoms with Crippen molar-refractivity contribution < 1.29 is 28.6 Å². The number of ether oxygens (including phenoxy) is 3. The zero-order valence-electron chi connectivity index (χ0n) is 52.9. The minimum atomic E-state index is -0.820. The van der Waals surface area contributed by atoms with Crippen LogP contribution in [0.25, 0.3) is 0 Å². The lowest BCUT2D eigenvalue weighted by Gasteiger charge is -2.18. The Morgan fingerprint density at radius 1 is 0.253 bits per heavy atom. The quantitative estimate of drug-likeness (QED) is 0.0261. The fourth-order valence-corrected chi connectivity index (χ4v) is 8.24. The van der Waals surface area contributed by atoms with Crippen LogP contribution < -0.4 is 0 Å². The summed E-state index contributed by atoms with van der Waals surface area (Å²) in [4.78, 5) is 38.2. The second-order valence-corrected chi connectivity index (χ2v) is 20.9. The van der Waals surface area contributed by atoms with Crippen LogP contribution in [-0.4, -0.2) is 37.2 Å². The van der Waals surface area contributed by atoms with Crippen LogP contribution in [0.5, 0.6) is 0 Å². The third kappa shape index (κ3) is 66.9. The van der Waals surface area contributed by atoms with E-state index in [9.17, 15) is 14.4 Å². The van der Waals surface area contributed by atoms with Crippen LogP contribution in [0.4, 0.5) is 0 Å². The summed E-state index contributed by atoms with van der Waals surface area (Å²) in [6.45, 7) is 6.32. The highest BCUT2D eigenvalue weighted by Crippen LogP contribution is 2.13. The van der Waals surface area contributed by atoms with Gasteiger partial charge in [-0.3, -0.25) is 14.4 Å². The summed E-state index contributed by atoms with van der Waals surface area (Å²) in [5, 5.41) is 0. The van der Waals surface area contributed by atoms with Crippen molar-refractivity contribution in [2.45, 2.75) is 258 Å². The Labute approximate surface area is 509 Å². The van der Waals surface area contributed by atoms with E-state index in [1.54, 1.807) is 0 Å². The summed E-state index contributed by atoms with van der Waals surface area (Å²) in [6.07, 6.45) is 104. The first kappa shape index (κ1) is 77.2. The molecule has 0 heterocycles. The van der Waals surface area contributed by atoms with Gasteiger partial charge in [-0.25, -0.2) is 0 Å². The molecule has 462 valence electrons. The molecule has 0 spiro atoms. The Balaban J connectivity index is 4.41. The molecule has 83 heavy (non-hydrogen) atoms. The maximum Gasteiger partial charge on any atom is 0.306 e. The van der Waals surface area contributed by atoms with E-state index in [0.717, 1.165) is 167 Å². The Bertz CT molecular complexity index is 1990. The first-order valence-electron chi connectivity index (χ1n) is 32.9. The number of rotatable bonds is 57. The molecule has 0 N–H and O–H groups in total. The third-order valence-corrected chi connectivity index (χ3v) is 13.1. The van der Waals surface area contributed by atoms with E-state index in [1.807, 2.05) is 0 Å². The lowest BCUT2D eigenvalue weighted by molar-refractivity contribution is -0.167. The summed E-state index contributed by atoms with van der Waals surface area (Å²) in [6, 6.07) is 0. The minimum absolute atomic E-state index is 0.111. The average Bonchev–Trinajstić information content (AvgIpc) is 3.49. The summed E-state index contributed by atoms with van der Waals surface area (Å²) in [5.41, 5.74) is 0. The molecule has 6 heteroatoms. The van der Waals surface area contributed by atoms with Gasteiger partial charge < -0.3 is 14.2 Å². The fraction of sp³-hybridized carbons (Fsp3) is 0.545. The van der Waals surface area contributed by atoms with Crippen molar-refractivity contribution in [2.24, 2.45) is 0 Å². The van der Waals surface area contributed by atoms with E-state index in [2.05, 4.69) is 215 Å². The number of carbonyl (C=O) groups excluding carboxylic acids is 3. The number of carbonyl (C=O) groups is 3. The van der Waals surface area contributed by atoms with Gasteiger partial charge in [0, 0.05) is 19.3 Å². The molecular weight excluding hydrogens is 1020 g/mol. The molecule has 0 amide bonds. The van der Waals surface area contributed by atoms with Gasteiger partial charge >= 0.3 is 17.9 Å². The van der Waals surface area contributed by atoms with E-state index in [4.69, 9.17) is 14.2 Å². The van der Waals surface area contributed by atoms with Crippen LogP contribution in [-0.2, 0) is 28.6 Å². The van der Waals surface area contributed by atoms with Crippen molar-refractivity contribution in [1.82, 2.24) is 0 Å². The molecule has 0 fully saturated rings. The van der Waals surface area contributed by atoms with Crippen LogP contribution in [0, 0.1) is 0 Å². The van der Waals surface area contributed by atoms with Crippen molar-refractivity contribution in [2.75, 3.05) is 13.2 Å². The highest BCUT2D eigenvalue weighted by atomic mass is 16.6. The van der Waals surface area contributed by atoms with Crippen molar-refractivity contribution in [3.63, 3.8) is 0 Å². The Hall–Kier alpha value is -5.75. The number of esters is 3. The Morgan fingerprint density at radius 3 is 0.735 bits per heavy atom. The standard InChI is InChI=1S/C77H118O6/c1-4-7-10-13-16-19-21-23-25-27-29-31-33-35-36-37-38-39-40-42-43-45-47-49-51-53-55-58-61-64-67-70-76(79)82-73-74(72-81-75(78)69-66-63-60-57-18-15-12-9-6-3)83-77(80)71-68-65-62-59-56-54-52-50-48-46-44-41-34-32-30-28-26-24-22-20-17-14-11-8-5-2/h7-8,10-11,16-17,19-20,23-26,29-32,35-36,38-39,41-44,47-50,53-56,74H,4-6,9,12-15,18,21-22,27-28,33-34,37,40,45-46,51-52,57-73H2,1-3H3/b10-7-,11-8-,19-16-,20-17-,25-23-,26-24-,31-29-,32-30-,36-35-,39-38-,43-42-,44-41-,49-47-,50-48-,55-53-,56-54-. The predicted octanol–water partition coefficient (Wildman–Crippen LogP) is 23.0. The second-order valence-electron chi connectivity index (χ2n) is 20.9. The van der Waals surface area contributed by atoms with E-state index in [0.29, 0.717) is 19.3 Å². The van der Waals surface area contributed by atoms with E-state index in [1.165, 1.54) is 38.5 Å². The first-order valence-corrected chi connectivity index (χ1v) is 32.9. The normalized spacial score (nSPS) is 13.4. The Kier molecular flexibility index (Phi) is 64.0. The smallest absolute Gasteiger partial charge is 0.306 e. The Morgan fingerprint density at radius 2 is 0.470 bits per heavy atom. The van der Waals surface area contributed by atoms with Gasteiger partial charge in [0.25, 0.3) is 0 Å². The topological polar surface area (TPSA) is 78.9 Å². The van der Waals surface area contributed by atoms with E-state index >= 15 is 0 Å². The monoisotopic (exact) mass is 1140 g/mol. The molecule has 0 saturated carbocycles. The summed E-state index contributed by atoms with van der Waals surface area (Å²) in [7, 11) is 0. The maximum absolute atomic E-state index is 12.9. The third-order valence-electron chi connectivity index (χ3n) is 13.1.